The fourth-order valence-corrected chi connectivity index (χ4v) is 1.73. The van der Waals surface area contributed by atoms with Gasteiger partial charge in [-0.25, -0.2) is 8.78 Å². The average Bonchev–Trinajstić information content (AvgIpc) is 2.52. The third kappa shape index (κ3) is 4.26. The Morgan fingerprint density at radius 1 is 1.05 bits per heavy atom. The van der Waals surface area contributed by atoms with Gasteiger partial charge in [-0.3, -0.25) is 4.79 Å². The molecule has 0 unspecified atom stereocenters. The molecule has 0 atom stereocenters. The van der Waals surface area contributed by atoms with E-state index in [4.69, 9.17) is 9.84 Å². The Balaban J connectivity index is 1.99. The Kier molecular flexibility index (Phi) is 5.43. The second-order valence-electron chi connectivity index (χ2n) is 4.54. The molecule has 0 saturated heterocycles. The Bertz CT molecular complexity index is 644. The molecular formula is C16H15F2NO3. The lowest BCUT2D eigenvalue weighted by molar-refractivity contribution is 0.0951. The van der Waals surface area contributed by atoms with Gasteiger partial charge in [0.25, 0.3) is 5.91 Å². The van der Waals surface area contributed by atoms with Gasteiger partial charge in [-0.2, -0.15) is 0 Å². The standard InChI is InChI=1S/C16H15F2NO3/c17-14-7-6-13(10-15(14)18)22-12-4-2-11(3-5-12)16(21)19-8-1-9-20/h2-7,10,20H,1,8-9H2,(H,19,21). The van der Waals surface area contributed by atoms with Crippen LogP contribution in [0.15, 0.2) is 42.5 Å². The van der Waals surface area contributed by atoms with Crippen molar-refractivity contribution in [2.24, 2.45) is 0 Å². The number of carbonyl (C=O) groups excluding carboxylic acids is 1. The van der Waals surface area contributed by atoms with Gasteiger partial charge in [-0.15, -0.1) is 0 Å². The molecule has 2 aromatic rings. The van der Waals surface area contributed by atoms with E-state index in [2.05, 4.69) is 5.32 Å². The minimum absolute atomic E-state index is 0.0152. The summed E-state index contributed by atoms with van der Waals surface area (Å²) < 4.78 is 31.3. The van der Waals surface area contributed by atoms with E-state index in [1.54, 1.807) is 24.3 Å². The highest BCUT2D eigenvalue weighted by atomic mass is 19.2. The summed E-state index contributed by atoms with van der Waals surface area (Å²) in [5.41, 5.74) is 0.440. The highest BCUT2D eigenvalue weighted by Crippen LogP contribution is 2.23. The van der Waals surface area contributed by atoms with Gasteiger partial charge in [-0.05, 0) is 42.8 Å². The molecule has 0 saturated carbocycles. The maximum Gasteiger partial charge on any atom is 0.251 e. The van der Waals surface area contributed by atoms with Gasteiger partial charge in [-0.1, -0.05) is 0 Å². The molecule has 0 fully saturated rings. The quantitative estimate of drug-likeness (QED) is 0.807. The number of amides is 1. The van der Waals surface area contributed by atoms with Crippen LogP contribution in [0, 0.1) is 11.6 Å². The summed E-state index contributed by atoms with van der Waals surface area (Å²) in [6.45, 7) is 0.406. The second-order valence-corrected chi connectivity index (χ2v) is 4.54. The molecule has 2 aromatic carbocycles. The summed E-state index contributed by atoms with van der Waals surface area (Å²) in [5.74, 6) is -1.62. The largest absolute Gasteiger partial charge is 0.457 e. The van der Waals surface area contributed by atoms with E-state index in [9.17, 15) is 13.6 Å². The van der Waals surface area contributed by atoms with E-state index in [-0.39, 0.29) is 18.3 Å². The van der Waals surface area contributed by atoms with Gasteiger partial charge in [0.2, 0.25) is 0 Å². The van der Waals surface area contributed by atoms with E-state index in [1.807, 2.05) is 0 Å². The molecule has 0 aromatic heterocycles. The maximum absolute atomic E-state index is 13.1. The molecule has 0 aliphatic carbocycles. The number of rotatable bonds is 6. The first-order valence-electron chi connectivity index (χ1n) is 6.72. The number of benzene rings is 2. The summed E-state index contributed by atoms with van der Waals surface area (Å²) in [5, 5.41) is 11.3. The molecule has 0 heterocycles. The SMILES string of the molecule is O=C(NCCCO)c1ccc(Oc2ccc(F)c(F)c2)cc1. The molecule has 0 radical (unpaired) electrons. The van der Waals surface area contributed by atoms with Gasteiger partial charge in [0.15, 0.2) is 11.6 Å². The van der Waals surface area contributed by atoms with Crippen LogP contribution in [-0.4, -0.2) is 24.2 Å². The molecule has 116 valence electrons. The van der Waals surface area contributed by atoms with Gasteiger partial charge in [0.1, 0.15) is 11.5 Å². The van der Waals surface area contributed by atoms with Crippen LogP contribution in [0.2, 0.25) is 0 Å². The molecule has 0 spiro atoms. The third-order valence-corrected chi connectivity index (χ3v) is 2.86. The lowest BCUT2D eigenvalue weighted by atomic mass is 10.2. The normalized spacial score (nSPS) is 10.3. The number of nitrogens with one attached hydrogen (secondary N) is 1. The molecule has 22 heavy (non-hydrogen) atoms. The van der Waals surface area contributed by atoms with E-state index in [1.165, 1.54) is 6.07 Å². The van der Waals surface area contributed by atoms with Crippen LogP contribution in [0.25, 0.3) is 0 Å². The van der Waals surface area contributed by atoms with Crippen molar-refractivity contribution in [2.45, 2.75) is 6.42 Å². The number of aliphatic hydroxyl groups excluding tert-OH is 1. The third-order valence-electron chi connectivity index (χ3n) is 2.86. The minimum atomic E-state index is -0.989. The van der Waals surface area contributed by atoms with Crippen molar-refractivity contribution in [3.63, 3.8) is 0 Å². The number of carbonyl (C=O) groups is 1. The lowest BCUT2D eigenvalue weighted by Gasteiger charge is -2.07. The second kappa shape index (κ2) is 7.51. The van der Waals surface area contributed by atoms with Crippen LogP contribution in [-0.2, 0) is 0 Å². The summed E-state index contributed by atoms with van der Waals surface area (Å²) in [6, 6.07) is 9.48. The van der Waals surface area contributed by atoms with Crippen LogP contribution >= 0.6 is 0 Å². The van der Waals surface area contributed by atoms with Crippen molar-refractivity contribution in [3.05, 3.63) is 59.7 Å². The van der Waals surface area contributed by atoms with E-state index >= 15 is 0 Å². The van der Waals surface area contributed by atoms with Gasteiger partial charge in [0.05, 0.1) is 0 Å². The van der Waals surface area contributed by atoms with Crippen LogP contribution in [0.3, 0.4) is 0 Å². The zero-order valence-electron chi connectivity index (χ0n) is 11.7. The topological polar surface area (TPSA) is 58.6 Å². The Morgan fingerprint density at radius 2 is 1.73 bits per heavy atom. The Morgan fingerprint density at radius 3 is 2.36 bits per heavy atom. The van der Waals surface area contributed by atoms with Crippen LogP contribution in [0.4, 0.5) is 8.78 Å². The first-order chi connectivity index (χ1) is 10.6. The van der Waals surface area contributed by atoms with Crippen LogP contribution < -0.4 is 10.1 Å². The van der Waals surface area contributed by atoms with Crippen molar-refractivity contribution >= 4 is 5.91 Å². The van der Waals surface area contributed by atoms with E-state index < -0.39 is 11.6 Å². The number of hydrogen-bond acceptors (Lipinski definition) is 3. The van der Waals surface area contributed by atoms with Gasteiger partial charge in [0, 0.05) is 24.8 Å². The average molecular weight is 307 g/mol. The predicted molar refractivity (Wildman–Crippen MR) is 76.9 cm³/mol. The molecule has 0 aliphatic heterocycles. The number of hydrogen-bond donors (Lipinski definition) is 2. The molecule has 2 rings (SSSR count). The Hall–Kier alpha value is -2.47. The van der Waals surface area contributed by atoms with Crippen molar-refractivity contribution in [1.29, 1.82) is 0 Å². The van der Waals surface area contributed by atoms with E-state index in [0.717, 1.165) is 12.1 Å². The zero-order valence-corrected chi connectivity index (χ0v) is 11.7. The molecular weight excluding hydrogens is 292 g/mol. The summed E-state index contributed by atoms with van der Waals surface area (Å²) >= 11 is 0. The molecule has 4 nitrogen and oxygen atoms in total. The van der Waals surface area contributed by atoms with Crippen molar-refractivity contribution in [1.82, 2.24) is 5.32 Å². The summed E-state index contributed by atoms with van der Waals surface area (Å²) in [4.78, 5) is 11.7. The van der Waals surface area contributed by atoms with Crippen LogP contribution in [0.1, 0.15) is 16.8 Å². The van der Waals surface area contributed by atoms with Crippen molar-refractivity contribution in [3.8, 4) is 11.5 Å². The number of aliphatic hydroxyl groups is 1. The molecule has 1 amide bonds. The Labute approximate surface area is 126 Å². The number of halogens is 2. The molecule has 0 aliphatic rings. The fraction of sp³-hybridized carbons (Fsp3) is 0.188. The highest BCUT2D eigenvalue weighted by Gasteiger charge is 2.07. The zero-order chi connectivity index (χ0) is 15.9. The molecule has 0 bridgehead atoms. The fourth-order valence-electron chi connectivity index (χ4n) is 1.73. The molecule has 2 N–H and O–H groups in total. The van der Waals surface area contributed by atoms with Crippen molar-refractivity contribution < 1.29 is 23.4 Å². The van der Waals surface area contributed by atoms with Gasteiger partial charge < -0.3 is 15.2 Å². The first-order valence-corrected chi connectivity index (χ1v) is 6.72. The highest BCUT2D eigenvalue weighted by molar-refractivity contribution is 5.94. The lowest BCUT2D eigenvalue weighted by Crippen LogP contribution is -2.24. The van der Waals surface area contributed by atoms with Crippen molar-refractivity contribution in [2.75, 3.05) is 13.2 Å². The predicted octanol–water partition coefficient (Wildman–Crippen LogP) is 2.87. The van der Waals surface area contributed by atoms with Crippen LogP contribution in [0.5, 0.6) is 11.5 Å². The van der Waals surface area contributed by atoms with Gasteiger partial charge >= 0.3 is 0 Å². The summed E-state index contributed by atoms with van der Waals surface area (Å²) in [6.07, 6.45) is 0.489. The first kappa shape index (κ1) is 15.9. The minimum Gasteiger partial charge on any atom is -0.457 e. The van der Waals surface area contributed by atoms with E-state index in [0.29, 0.717) is 24.3 Å². The molecule has 6 heteroatoms. The monoisotopic (exact) mass is 307 g/mol. The number of ether oxygens (including phenoxy) is 1. The maximum atomic E-state index is 13.1. The smallest absolute Gasteiger partial charge is 0.251 e. The summed E-state index contributed by atoms with van der Waals surface area (Å²) in [7, 11) is 0.